The maximum atomic E-state index is 14.3. The molecule has 172 valence electrons. The van der Waals surface area contributed by atoms with Gasteiger partial charge in [-0.25, -0.2) is 4.39 Å². The van der Waals surface area contributed by atoms with Gasteiger partial charge in [0.25, 0.3) is 0 Å². The molecule has 0 saturated heterocycles. The molecule has 5 nitrogen and oxygen atoms in total. The Balaban J connectivity index is 1.97. The van der Waals surface area contributed by atoms with E-state index in [1.807, 2.05) is 0 Å². The SMILES string of the molecule is COc1cc2c(CC(=O)O)c(C)n(Cc3ccc(OC(F)(F)C(F)(F)F)cc3)c2cc1F. The molecule has 0 fully saturated rings. The van der Waals surface area contributed by atoms with Crippen molar-refractivity contribution >= 4 is 16.9 Å². The monoisotopic (exact) mass is 461 g/mol. The van der Waals surface area contributed by atoms with Gasteiger partial charge in [-0.05, 0) is 36.2 Å². The van der Waals surface area contributed by atoms with E-state index in [1.54, 1.807) is 11.5 Å². The van der Waals surface area contributed by atoms with Crippen LogP contribution < -0.4 is 9.47 Å². The number of carbonyl (C=O) groups is 1. The maximum absolute atomic E-state index is 14.3. The molecule has 0 aliphatic rings. The van der Waals surface area contributed by atoms with E-state index in [-0.39, 0.29) is 18.7 Å². The van der Waals surface area contributed by atoms with Crippen LogP contribution in [0.25, 0.3) is 10.9 Å². The van der Waals surface area contributed by atoms with E-state index in [9.17, 15) is 36.2 Å². The predicted octanol–water partition coefficient (Wildman–Crippen LogP) is 5.31. The fourth-order valence-electron chi connectivity index (χ4n) is 3.33. The molecule has 0 spiro atoms. The average Bonchev–Trinajstić information content (AvgIpc) is 2.92. The lowest BCUT2D eigenvalue weighted by atomic mass is 10.1. The lowest BCUT2D eigenvalue weighted by Gasteiger charge is -2.20. The molecule has 0 amide bonds. The molecular weight excluding hydrogens is 444 g/mol. The van der Waals surface area contributed by atoms with Crippen LogP contribution >= 0.6 is 0 Å². The Bertz CT molecular complexity index is 1150. The number of fused-ring (bicyclic) bond motifs is 1. The number of carboxylic acids is 1. The summed E-state index contributed by atoms with van der Waals surface area (Å²) < 4.78 is 87.7. The van der Waals surface area contributed by atoms with E-state index in [4.69, 9.17) is 4.74 Å². The molecule has 2 aromatic carbocycles. The summed E-state index contributed by atoms with van der Waals surface area (Å²) in [7, 11) is 1.27. The van der Waals surface area contributed by atoms with Crippen molar-refractivity contribution in [1.82, 2.24) is 4.57 Å². The quantitative estimate of drug-likeness (QED) is 0.485. The summed E-state index contributed by atoms with van der Waals surface area (Å²) >= 11 is 0. The molecule has 0 atom stereocenters. The Labute approximate surface area is 177 Å². The molecule has 1 N–H and O–H groups in total. The number of aliphatic carboxylic acids is 1. The number of carboxylic acid groups (broad SMARTS) is 1. The van der Waals surface area contributed by atoms with Crippen LogP contribution in [0.5, 0.6) is 11.5 Å². The summed E-state index contributed by atoms with van der Waals surface area (Å²) in [6, 6.07) is 7.06. The molecule has 3 aromatic rings. The zero-order chi connectivity index (χ0) is 23.8. The van der Waals surface area contributed by atoms with Gasteiger partial charge < -0.3 is 19.1 Å². The number of hydrogen-bond donors (Lipinski definition) is 1. The molecule has 0 unspecified atom stereocenters. The highest BCUT2D eigenvalue weighted by atomic mass is 19.4. The van der Waals surface area contributed by atoms with Crippen molar-refractivity contribution in [3.05, 3.63) is 59.0 Å². The zero-order valence-corrected chi connectivity index (χ0v) is 16.8. The molecular formula is C21H17F6NO4. The van der Waals surface area contributed by atoms with Crippen molar-refractivity contribution < 1.29 is 45.7 Å². The minimum Gasteiger partial charge on any atom is -0.494 e. The second-order valence-corrected chi connectivity index (χ2v) is 6.99. The van der Waals surface area contributed by atoms with Crippen LogP contribution in [0.1, 0.15) is 16.8 Å². The molecule has 0 radical (unpaired) electrons. The van der Waals surface area contributed by atoms with E-state index in [0.717, 1.165) is 12.1 Å². The minimum absolute atomic E-state index is 0.0617. The van der Waals surface area contributed by atoms with Crippen LogP contribution in [0, 0.1) is 12.7 Å². The van der Waals surface area contributed by atoms with Gasteiger partial charge in [-0.2, -0.15) is 22.0 Å². The maximum Gasteiger partial charge on any atom is 0.499 e. The number of nitrogens with zero attached hydrogens (tertiary/aromatic N) is 1. The number of hydrogen-bond acceptors (Lipinski definition) is 3. The van der Waals surface area contributed by atoms with Crippen LogP contribution in [0.2, 0.25) is 0 Å². The number of aromatic nitrogens is 1. The van der Waals surface area contributed by atoms with Crippen molar-refractivity contribution in [3.63, 3.8) is 0 Å². The lowest BCUT2D eigenvalue weighted by molar-refractivity contribution is -0.360. The number of benzene rings is 2. The van der Waals surface area contributed by atoms with Crippen molar-refractivity contribution in [1.29, 1.82) is 0 Å². The standard InChI is InChI=1S/C21H17F6NO4/c1-11-14(8-19(29)30)15-7-18(31-2)16(22)9-17(15)28(11)10-12-3-5-13(6-4-12)32-21(26,27)20(23,24)25/h3-7,9H,8,10H2,1-2H3,(H,29,30). The number of rotatable bonds is 7. The van der Waals surface area contributed by atoms with E-state index in [1.165, 1.54) is 31.4 Å². The van der Waals surface area contributed by atoms with Gasteiger partial charge in [-0.3, -0.25) is 4.79 Å². The molecule has 32 heavy (non-hydrogen) atoms. The van der Waals surface area contributed by atoms with Crippen molar-refractivity contribution in [2.75, 3.05) is 7.11 Å². The van der Waals surface area contributed by atoms with Gasteiger partial charge in [-0.1, -0.05) is 12.1 Å². The zero-order valence-electron chi connectivity index (χ0n) is 16.8. The summed E-state index contributed by atoms with van der Waals surface area (Å²) in [5.74, 6) is -2.51. The van der Waals surface area contributed by atoms with E-state index in [0.29, 0.717) is 27.7 Å². The predicted molar refractivity (Wildman–Crippen MR) is 102 cm³/mol. The first-order valence-corrected chi connectivity index (χ1v) is 9.13. The summed E-state index contributed by atoms with van der Waals surface area (Å²) in [5, 5.41) is 9.71. The Kier molecular flexibility index (Phi) is 6.03. The fraction of sp³-hybridized carbons (Fsp3) is 0.286. The Hall–Kier alpha value is -3.37. The molecule has 0 bridgehead atoms. The highest BCUT2D eigenvalue weighted by Gasteiger charge is 2.61. The molecule has 0 aliphatic heterocycles. The van der Waals surface area contributed by atoms with E-state index < -0.39 is 29.8 Å². The van der Waals surface area contributed by atoms with Crippen molar-refractivity contribution in [2.45, 2.75) is 32.2 Å². The molecule has 1 heterocycles. The Morgan fingerprint density at radius 2 is 1.72 bits per heavy atom. The molecule has 0 saturated carbocycles. The van der Waals surface area contributed by atoms with Gasteiger partial charge in [-0.15, -0.1) is 0 Å². The van der Waals surface area contributed by atoms with Crippen molar-refractivity contribution in [3.8, 4) is 11.5 Å². The first kappa shape index (κ1) is 23.3. The third-order valence-electron chi connectivity index (χ3n) is 4.90. The first-order chi connectivity index (χ1) is 14.8. The van der Waals surface area contributed by atoms with Gasteiger partial charge in [0.15, 0.2) is 11.6 Å². The second kappa shape index (κ2) is 8.29. The van der Waals surface area contributed by atoms with E-state index >= 15 is 0 Å². The normalized spacial score (nSPS) is 12.2. The van der Waals surface area contributed by atoms with Crippen LogP contribution in [-0.4, -0.2) is 35.0 Å². The number of methoxy groups -OCH3 is 1. The van der Waals surface area contributed by atoms with Crippen LogP contribution in [0.15, 0.2) is 36.4 Å². The fourth-order valence-corrected chi connectivity index (χ4v) is 3.33. The molecule has 1 aromatic heterocycles. The summed E-state index contributed by atoms with van der Waals surface area (Å²) in [5.41, 5.74) is 1.82. The average molecular weight is 461 g/mol. The number of ether oxygens (including phenoxy) is 2. The first-order valence-electron chi connectivity index (χ1n) is 9.13. The molecule has 0 aliphatic carbocycles. The topological polar surface area (TPSA) is 60.7 Å². The Morgan fingerprint density at radius 3 is 2.25 bits per heavy atom. The van der Waals surface area contributed by atoms with Gasteiger partial charge in [0.2, 0.25) is 0 Å². The van der Waals surface area contributed by atoms with Crippen LogP contribution in [0.3, 0.4) is 0 Å². The smallest absolute Gasteiger partial charge is 0.494 e. The summed E-state index contributed by atoms with van der Waals surface area (Å²) in [4.78, 5) is 11.3. The number of halogens is 6. The minimum atomic E-state index is -5.86. The molecule has 11 heteroatoms. The third-order valence-corrected chi connectivity index (χ3v) is 4.90. The lowest BCUT2D eigenvalue weighted by Crippen LogP contribution is -2.41. The van der Waals surface area contributed by atoms with Crippen LogP contribution in [0.4, 0.5) is 26.3 Å². The molecule has 3 rings (SSSR count). The highest BCUT2D eigenvalue weighted by Crippen LogP contribution is 2.37. The third kappa shape index (κ3) is 4.46. The van der Waals surface area contributed by atoms with Gasteiger partial charge in [0.05, 0.1) is 19.0 Å². The highest BCUT2D eigenvalue weighted by molar-refractivity contribution is 5.90. The second-order valence-electron chi connectivity index (χ2n) is 6.99. The summed E-state index contributed by atoms with van der Waals surface area (Å²) in [6.07, 6.45) is -11.5. The van der Waals surface area contributed by atoms with Gasteiger partial charge in [0.1, 0.15) is 5.75 Å². The Morgan fingerprint density at radius 1 is 1.09 bits per heavy atom. The number of alkyl halides is 5. The summed E-state index contributed by atoms with van der Waals surface area (Å²) in [6.45, 7) is 1.72. The largest absolute Gasteiger partial charge is 0.499 e. The van der Waals surface area contributed by atoms with E-state index in [2.05, 4.69) is 4.74 Å². The van der Waals surface area contributed by atoms with Crippen molar-refractivity contribution in [2.24, 2.45) is 0 Å². The van der Waals surface area contributed by atoms with Gasteiger partial charge in [0, 0.05) is 23.7 Å². The van der Waals surface area contributed by atoms with Gasteiger partial charge >= 0.3 is 18.3 Å². The van der Waals surface area contributed by atoms with Crippen LogP contribution in [-0.2, 0) is 17.8 Å².